The Kier molecular flexibility index (Phi) is 4.86. The average Bonchev–Trinajstić information content (AvgIpc) is 3.21. The number of sulfonamides is 1. The van der Waals surface area contributed by atoms with E-state index in [2.05, 4.69) is 21.4 Å². The number of carbonyl (C=O) groups is 1. The lowest BCUT2D eigenvalue weighted by Gasteiger charge is -2.36. The van der Waals surface area contributed by atoms with Crippen molar-refractivity contribution in [3.05, 3.63) is 53.3 Å². The first-order valence-electron chi connectivity index (χ1n) is 10.2. The number of rotatable bonds is 3. The fourth-order valence-electron chi connectivity index (χ4n) is 4.26. The molecule has 0 atom stereocenters. The van der Waals surface area contributed by atoms with E-state index in [1.54, 1.807) is 28.2 Å². The molecule has 4 aliphatic heterocycles. The summed E-state index contributed by atoms with van der Waals surface area (Å²) in [5, 5.41) is 0. The summed E-state index contributed by atoms with van der Waals surface area (Å²) in [5.74, 6) is 1.05. The van der Waals surface area contributed by atoms with Crippen molar-refractivity contribution >= 4 is 21.8 Å². The second-order valence-corrected chi connectivity index (χ2v) is 9.68. The summed E-state index contributed by atoms with van der Waals surface area (Å²) in [7, 11) is -3.51. The zero-order valence-electron chi connectivity index (χ0n) is 16.7. The monoisotopic (exact) mass is 428 g/mol. The van der Waals surface area contributed by atoms with E-state index in [1.807, 2.05) is 6.07 Å². The van der Waals surface area contributed by atoms with Crippen LogP contribution in [0.3, 0.4) is 0 Å². The third kappa shape index (κ3) is 3.75. The van der Waals surface area contributed by atoms with E-state index in [0.29, 0.717) is 25.2 Å². The maximum absolute atomic E-state index is 13.1. The minimum Gasteiger partial charge on any atom is -0.493 e. The molecule has 4 aliphatic rings. The van der Waals surface area contributed by atoms with Gasteiger partial charge in [-0.1, -0.05) is 12.1 Å². The maximum atomic E-state index is 13.1. The van der Waals surface area contributed by atoms with Gasteiger partial charge in [-0.2, -0.15) is 0 Å². The largest absolute Gasteiger partial charge is 0.493 e. The molecule has 30 heavy (non-hydrogen) atoms. The molecule has 5 rings (SSSR count). The highest BCUT2D eigenvalue weighted by atomic mass is 32.2. The van der Waals surface area contributed by atoms with Crippen LogP contribution in [0, 0.1) is 0 Å². The highest BCUT2D eigenvalue weighted by Crippen LogP contribution is 2.26. The first-order valence-corrected chi connectivity index (χ1v) is 11.8. The van der Waals surface area contributed by atoms with Gasteiger partial charge in [-0.15, -0.1) is 4.40 Å². The predicted octanol–water partition coefficient (Wildman–Crippen LogP) is 0.763. The number of nitrogens with zero attached hydrogens (tertiary/aromatic N) is 4. The van der Waals surface area contributed by atoms with Crippen LogP contribution in [-0.4, -0.2) is 79.9 Å². The van der Waals surface area contributed by atoms with Crippen LogP contribution in [0.25, 0.3) is 0 Å². The maximum Gasteiger partial charge on any atom is 0.257 e. The third-order valence-corrected chi connectivity index (χ3v) is 7.06. The Morgan fingerprint density at radius 1 is 1.13 bits per heavy atom. The number of piperazine rings is 1. The zero-order chi connectivity index (χ0) is 20.7. The first-order chi connectivity index (χ1) is 14.5. The predicted molar refractivity (Wildman–Crippen MR) is 113 cm³/mol. The number of amides is 1. The van der Waals surface area contributed by atoms with Crippen molar-refractivity contribution in [1.29, 1.82) is 0 Å². The Morgan fingerprint density at radius 3 is 2.80 bits per heavy atom. The lowest BCUT2D eigenvalue weighted by molar-refractivity contribution is -0.128. The van der Waals surface area contributed by atoms with Crippen LogP contribution in [0.5, 0.6) is 5.75 Å². The molecular formula is C21H24N4O4S. The molecule has 0 bridgehead atoms. The molecular weight excluding hydrogens is 404 g/mol. The van der Waals surface area contributed by atoms with Crippen LogP contribution in [0.2, 0.25) is 0 Å². The zero-order valence-corrected chi connectivity index (χ0v) is 17.5. The van der Waals surface area contributed by atoms with Crippen LogP contribution in [0.1, 0.15) is 11.1 Å². The summed E-state index contributed by atoms with van der Waals surface area (Å²) in [6, 6.07) is 6.37. The van der Waals surface area contributed by atoms with Crippen LogP contribution in [-0.2, 0) is 27.8 Å². The van der Waals surface area contributed by atoms with Gasteiger partial charge in [-0.3, -0.25) is 9.69 Å². The molecule has 0 N–H and O–H groups in total. The summed E-state index contributed by atoms with van der Waals surface area (Å²) in [6.45, 7) is 4.69. The van der Waals surface area contributed by atoms with E-state index in [-0.39, 0.29) is 17.5 Å². The number of amidine groups is 1. The summed E-state index contributed by atoms with van der Waals surface area (Å²) in [4.78, 5) is 19.0. The minimum absolute atomic E-state index is 0.0319. The van der Waals surface area contributed by atoms with E-state index < -0.39 is 10.0 Å². The molecule has 0 radical (unpaired) electrons. The number of benzene rings is 1. The number of fused-ring (bicyclic) bond motifs is 2. The SMILES string of the molecule is O=C(C1=CC=CN2CCS(=O)(=O)N=C12)N1CCN(Cc2ccc3c(c2)CCO3)CC1. The molecule has 9 heteroatoms. The van der Waals surface area contributed by atoms with E-state index in [9.17, 15) is 13.2 Å². The lowest BCUT2D eigenvalue weighted by Crippen LogP contribution is -2.50. The first kappa shape index (κ1) is 19.3. The molecule has 0 aromatic heterocycles. The van der Waals surface area contributed by atoms with Crippen molar-refractivity contribution in [2.24, 2.45) is 4.40 Å². The van der Waals surface area contributed by atoms with Gasteiger partial charge in [0.05, 0.1) is 17.9 Å². The van der Waals surface area contributed by atoms with Crippen LogP contribution in [0.15, 0.2) is 46.5 Å². The fraction of sp³-hybridized carbons (Fsp3) is 0.429. The van der Waals surface area contributed by atoms with E-state index in [4.69, 9.17) is 4.74 Å². The van der Waals surface area contributed by atoms with Gasteiger partial charge >= 0.3 is 0 Å². The number of allylic oxidation sites excluding steroid dienone is 2. The van der Waals surface area contributed by atoms with Crippen molar-refractivity contribution in [2.75, 3.05) is 45.1 Å². The number of hydrogen-bond donors (Lipinski definition) is 0. The molecule has 0 aliphatic carbocycles. The van der Waals surface area contributed by atoms with Crippen LogP contribution in [0.4, 0.5) is 0 Å². The number of hydrogen-bond acceptors (Lipinski definition) is 6. The molecule has 4 heterocycles. The summed E-state index contributed by atoms with van der Waals surface area (Å²) >= 11 is 0. The standard InChI is InChI=1S/C21H24N4O4S/c26-21(18-2-1-6-24-11-13-30(27,28)22-20(18)24)25-9-7-23(8-10-25)15-16-3-4-19-17(14-16)5-12-29-19/h1-4,6,14H,5,7-13,15H2. The Hall–Kier alpha value is -2.65. The van der Waals surface area contributed by atoms with Gasteiger partial charge in [0.15, 0.2) is 5.84 Å². The van der Waals surface area contributed by atoms with Crippen molar-refractivity contribution < 1.29 is 17.9 Å². The van der Waals surface area contributed by atoms with Crippen molar-refractivity contribution in [3.8, 4) is 5.75 Å². The van der Waals surface area contributed by atoms with Crippen LogP contribution < -0.4 is 4.74 Å². The topological polar surface area (TPSA) is 82.5 Å². The number of ether oxygens (including phenoxy) is 1. The van der Waals surface area contributed by atoms with Crippen molar-refractivity contribution in [3.63, 3.8) is 0 Å². The second kappa shape index (κ2) is 7.55. The van der Waals surface area contributed by atoms with Crippen molar-refractivity contribution in [2.45, 2.75) is 13.0 Å². The summed E-state index contributed by atoms with van der Waals surface area (Å²) < 4.78 is 33.3. The molecule has 0 saturated carbocycles. The van der Waals surface area contributed by atoms with Crippen LogP contribution >= 0.6 is 0 Å². The quantitative estimate of drug-likeness (QED) is 0.707. The van der Waals surface area contributed by atoms with Gasteiger partial charge in [-0.25, -0.2) is 8.42 Å². The Morgan fingerprint density at radius 2 is 1.97 bits per heavy atom. The molecule has 0 spiro atoms. The number of carbonyl (C=O) groups excluding carboxylic acids is 1. The van der Waals surface area contributed by atoms with Gasteiger partial charge < -0.3 is 14.5 Å². The third-order valence-electron chi connectivity index (χ3n) is 5.91. The highest BCUT2D eigenvalue weighted by Gasteiger charge is 2.33. The average molecular weight is 429 g/mol. The second-order valence-electron chi connectivity index (χ2n) is 7.93. The fourth-order valence-corrected chi connectivity index (χ4v) is 5.24. The molecule has 1 fully saturated rings. The van der Waals surface area contributed by atoms with Gasteiger partial charge in [0.1, 0.15) is 5.75 Å². The van der Waals surface area contributed by atoms with E-state index >= 15 is 0 Å². The summed E-state index contributed by atoms with van der Waals surface area (Å²) in [6.07, 6.45) is 6.17. The Balaban J connectivity index is 1.23. The minimum atomic E-state index is -3.51. The van der Waals surface area contributed by atoms with E-state index in [0.717, 1.165) is 38.4 Å². The molecule has 8 nitrogen and oxygen atoms in total. The molecule has 1 saturated heterocycles. The normalized spacial score (nSPS) is 22.7. The smallest absolute Gasteiger partial charge is 0.257 e. The Labute approximate surface area is 176 Å². The highest BCUT2D eigenvalue weighted by molar-refractivity contribution is 7.90. The van der Waals surface area contributed by atoms with Gasteiger partial charge in [-0.05, 0) is 29.3 Å². The Bertz CT molecular complexity index is 1070. The van der Waals surface area contributed by atoms with E-state index in [1.165, 1.54) is 11.1 Å². The molecule has 1 aromatic carbocycles. The van der Waals surface area contributed by atoms with Gasteiger partial charge in [0.25, 0.3) is 15.9 Å². The molecule has 1 aromatic rings. The van der Waals surface area contributed by atoms with Gasteiger partial charge in [0, 0.05) is 51.9 Å². The molecule has 158 valence electrons. The molecule has 0 unspecified atom stereocenters. The lowest BCUT2D eigenvalue weighted by atomic mass is 10.1. The van der Waals surface area contributed by atoms with Crippen molar-refractivity contribution in [1.82, 2.24) is 14.7 Å². The molecule has 1 amide bonds. The summed E-state index contributed by atoms with van der Waals surface area (Å²) in [5.41, 5.74) is 2.88. The van der Waals surface area contributed by atoms with Gasteiger partial charge in [0.2, 0.25) is 0 Å².